The number of nitrogens with zero attached hydrogens (tertiary/aromatic N) is 1. The van der Waals surface area contributed by atoms with Crippen molar-refractivity contribution in [1.82, 2.24) is 10.3 Å². The van der Waals surface area contributed by atoms with Crippen molar-refractivity contribution >= 4 is 28.4 Å². The van der Waals surface area contributed by atoms with Crippen LogP contribution in [0.5, 0.6) is 0 Å². The Kier molecular flexibility index (Phi) is 6.07. The van der Waals surface area contributed by atoms with E-state index < -0.39 is 0 Å². The van der Waals surface area contributed by atoms with E-state index in [1.54, 1.807) is 0 Å². The molecule has 5 heteroatoms. The van der Waals surface area contributed by atoms with E-state index in [0.717, 1.165) is 35.0 Å². The van der Waals surface area contributed by atoms with E-state index in [4.69, 9.17) is 16.6 Å². The number of carbonyl (C=O) groups is 1. The summed E-state index contributed by atoms with van der Waals surface area (Å²) in [7, 11) is 4.41. The number of quaternary nitrogens is 1. The van der Waals surface area contributed by atoms with Crippen LogP contribution in [0.4, 0.5) is 0 Å². The molecule has 0 atom stereocenters. The molecule has 4 nitrogen and oxygen atoms in total. The molecule has 0 saturated heterocycles. The third kappa shape index (κ3) is 4.07. The molecule has 2 aromatic carbocycles. The lowest BCUT2D eigenvalue weighted by molar-refractivity contribution is -0.916. The Bertz CT molecular complexity index is 1060. The molecular weight excluding hydrogens is 394 g/mol. The van der Waals surface area contributed by atoms with Crippen LogP contribution >= 0.6 is 11.6 Å². The maximum absolute atomic E-state index is 13.4. The Morgan fingerprint density at radius 1 is 1.07 bits per heavy atom. The smallest absolute Gasteiger partial charge is 0.252 e. The van der Waals surface area contributed by atoms with Crippen molar-refractivity contribution in [2.75, 3.05) is 20.6 Å². The van der Waals surface area contributed by atoms with Gasteiger partial charge in [-0.1, -0.05) is 54.4 Å². The monoisotopic (exact) mass is 422 g/mol. The van der Waals surface area contributed by atoms with Crippen molar-refractivity contribution in [2.24, 2.45) is 0 Å². The number of para-hydroxylation sites is 1. The number of hydrogen-bond donors (Lipinski definition) is 2. The number of halogens is 1. The van der Waals surface area contributed by atoms with Crippen molar-refractivity contribution in [3.05, 3.63) is 65.2 Å². The highest BCUT2D eigenvalue weighted by Gasteiger charge is 2.38. The normalized spacial score (nSPS) is 16.0. The second-order valence-electron chi connectivity index (χ2n) is 8.58. The Balaban J connectivity index is 1.69. The fourth-order valence-corrected chi connectivity index (χ4v) is 4.83. The molecule has 30 heavy (non-hydrogen) atoms. The van der Waals surface area contributed by atoms with Crippen molar-refractivity contribution in [1.29, 1.82) is 0 Å². The molecule has 3 aromatic rings. The number of pyridine rings is 1. The molecule has 0 spiro atoms. The van der Waals surface area contributed by atoms with Gasteiger partial charge in [-0.3, -0.25) is 4.79 Å². The van der Waals surface area contributed by atoms with Gasteiger partial charge < -0.3 is 10.2 Å². The maximum atomic E-state index is 13.4. The first-order chi connectivity index (χ1) is 14.5. The molecule has 1 saturated carbocycles. The molecule has 1 fully saturated rings. The van der Waals surface area contributed by atoms with Gasteiger partial charge in [-0.15, -0.1) is 0 Å². The number of hydrogen-bond acceptors (Lipinski definition) is 2. The average molecular weight is 423 g/mol. The zero-order valence-electron chi connectivity index (χ0n) is 17.7. The highest BCUT2D eigenvalue weighted by atomic mass is 35.5. The fourth-order valence-electron chi connectivity index (χ4n) is 4.60. The van der Waals surface area contributed by atoms with Crippen molar-refractivity contribution < 1.29 is 9.69 Å². The first-order valence-electron chi connectivity index (χ1n) is 10.7. The lowest BCUT2D eigenvalue weighted by Gasteiger charge is -2.39. The molecule has 0 unspecified atom stereocenters. The van der Waals surface area contributed by atoms with Crippen molar-refractivity contribution in [3.63, 3.8) is 0 Å². The Morgan fingerprint density at radius 2 is 1.77 bits per heavy atom. The highest BCUT2D eigenvalue weighted by Crippen LogP contribution is 2.30. The van der Waals surface area contributed by atoms with E-state index in [2.05, 4.69) is 19.4 Å². The third-order valence-corrected chi connectivity index (χ3v) is 6.90. The topological polar surface area (TPSA) is 46.4 Å². The minimum absolute atomic E-state index is 0.0481. The van der Waals surface area contributed by atoms with Crippen LogP contribution in [0.3, 0.4) is 0 Å². The van der Waals surface area contributed by atoms with E-state index in [1.807, 2.05) is 54.6 Å². The van der Waals surface area contributed by atoms with Crippen LogP contribution in [0.2, 0.25) is 5.02 Å². The quantitative estimate of drug-likeness (QED) is 0.649. The van der Waals surface area contributed by atoms with Crippen LogP contribution in [0.25, 0.3) is 22.2 Å². The predicted molar refractivity (Wildman–Crippen MR) is 123 cm³/mol. The number of aromatic nitrogens is 1. The van der Waals surface area contributed by atoms with E-state index >= 15 is 0 Å². The summed E-state index contributed by atoms with van der Waals surface area (Å²) in [6, 6.07) is 17.3. The van der Waals surface area contributed by atoms with Gasteiger partial charge in [-0.25, -0.2) is 4.98 Å². The summed E-state index contributed by atoms with van der Waals surface area (Å²) in [4.78, 5) is 19.5. The van der Waals surface area contributed by atoms with E-state index in [0.29, 0.717) is 17.1 Å². The zero-order valence-corrected chi connectivity index (χ0v) is 18.4. The van der Waals surface area contributed by atoms with Gasteiger partial charge in [-0.05, 0) is 31.0 Å². The first-order valence-corrected chi connectivity index (χ1v) is 11.1. The highest BCUT2D eigenvalue weighted by molar-refractivity contribution is 6.33. The summed E-state index contributed by atoms with van der Waals surface area (Å²) in [5, 5.41) is 4.75. The zero-order chi connectivity index (χ0) is 21.1. The van der Waals surface area contributed by atoms with Crippen molar-refractivity contribution in [2.45, 2.75) is 37.6 Å². The van der Waals surface area contributed by atoms with Gasteiger partial charge in [0.25, 0.3) is 5.91 Å². The van der Waals surface area contributed by atoms with Crippen LogP contribution < -0.4 is 10.2 Å². The molecule has 0 radical (unpaired) electrons. The van der Waals surface area contributed by atoms with Gasteiger partial charge in [-0.2, -0.15) is 0 Å². The Hall–Kier alpha value is -2.43. The van der Waals surface area contributed by atoms with Gasteiger partial charge in [0.1, 0.15) is 5.54 Å². The summed E-state index contributed by atoms with van der Waals surface area (Å²) in [5.74, 6) is -0.0481. The molecule has 1 aliphatic rings. The summed E-state index contributed by atoms with van der Waals surface area (Å²) >= 11 is 6.41. The van der Waals surface area contributed by atoms with Crippen LogP contribution in [0.1, 0.15) is 42.5 Å². The molecule has 0 aliphatic heterocycles. The molecule has 0 bridgehead atoms. The third-order valence-electron chi connectivity index (χ3n) is 6.57. The number of amides is 1. The lowest BCUT2D eigenvalue weighted by Crippen LogP contribution is -3.16. The molecule has 156 valence electrons. The van der Waals surface area contributed by atoms with Crippen LogP contribution in [0.15, 0.2) is 54.6 Å². The molecule has 2 N–H and O–H groups in total. The number of nitrogens with one attached hydrogen (secondary N) is 2. The largest absolute Gasteiger partial charge is 0.346 e. The van der Waals surface area contributed by atoms with E-state index in [-0.39, 0.29) is 11.4 Å². The minimum Gasteiger partial charge on any atom is -0.346 e. The summed E-state index contributed by atoms with van der Waals surface area (Å²) < 4.78 is 0. The second-order valence-corrected chi connectivity index (χ2v) is 8.98. The van der Waals surface area contributed by atoms with Crippen LogP contribution in [-0.4, -0.2) is 37.1 Å². The first kappa shape index (κ1) is 20.8. The predicted octanol–water partition coefficient (Wildman–Crippen LogP) is 4.13. The lowest BCUT2D eigenvalue weighted by atomic mass is 9.80. The summed E-state index contributed by atoms with van der Waals surface area (Å²) in [6.45, 7) is 0.687. The molecule has 4 rings (SSSR count). The minimum atomic E-state index is -0.0481. The second kappa shape index (κ2) is 8.75. The molecule has 1 aromatic heterocycles. The van der Waals surface area contributed by atoms with Gasteiger partial charge in [0.05, 0.1) is 37.4 Å². The molecule has 1 heterocycles. The number of rotatable bonds is 5. The van der Waals surface area contributed by atoms with E-state index in [1.165, 1.54) is 24.2 Å². The van der Waals surface area contributed by atoms with E-state index in [9.17, 15) is 4.79 Å². The van der Waals surface area contributed by atoms with Gasteiger partial charge in [0, 0.05) is 28.8 Å². The Morgan fingerprint density at radius 3 is 2.50 bits per heavy atom. The molecular formula is C25H29ClN3O+. The van der Waals surface area contributed by atoms with Crippen molar-refractivity contribution in [3.8, 4) is 11.3 Å². The van der Waals surface area contributed by atoms with Gasteiger partial charge >= 0.3 is 0 Å². The molecule has 1 aliphatic carbocycles. The number of carbonyl (C=O) groups excluding carboxylic acids is 1. The maximum Gasteiger partial charge on any atom is 0.252 e. The summed E-state index contributed by atoms with van der Waals surface area (Å²) in [5.41, 5.74) is 3.11. The fraction of sp³-hybridized carbons (Fsp3) is 0.360. The average Bonchev–Trinajstić information content (AvgIpc) is 2.77. The number of likely N-dealkylation sites (N-methyl/N-ethyl adjacent to an activating group) is 1. The Labute approximate surface area is 183 Å². The number of fused-ring (bicyclic) bond motifs is 1. The number of benzene rings is 2. The van der Waals surface area contributed by atoms with Crippen LogP contribution in [-0.2, 0) is 0 Å². The SMILES string of the molecule is C[NH+](C)C1(CNC(=O)c2cc(-c3ccccc3Cl)nc3ccccc23)CCCCC1. The van der Waals surface area contributed by atoms with Crippen LogP contribution in [0, 0.1) is 0 Å². The summed E-state index contributed by atoms with van der Waals surface area (Å²) in [6.07, 6.45) is 6.06. The van der Waals surface area contributed by atoms with Gasteiger partial charge in [0.2, 0.25) is 0 Å². The van der Waals surface area contributed by atoms with Gasteiger partial charge in [0.15, 0.2) is 0 Å². The standard InChI is InChI=1S/C25H28ClN3O/c1-29(2)25(14-8-3-9-15-25)17-27-24(30)20-16-23(19-11-4-6-12-21(19)26)28-22-13-7-5-10-18(20)22/h4-7,10-13,16H,3,8-9,14-15,17H2,1-2H3,(H,27,30)/p+1. The molecule has 1 amide bonds.